The van der Waals surface area contributed by atoms with Crippen molar-refractivity contribution < 1.29 is 15.2 Å². The Kier molecular flexibility index (Phi) is 7.09. The Morgan fingerprint density at radius 1 is 1.21 bits per heavy atom. The fourth-order valence-corrected chi connectivity index (χ4v) is 2.05. The molecule has 0 aromatic heterocycles. The molecule has 1 aliphatic rings. The van der Waals surface area contributed by atoms with Gasteiger partial charge in [0, 0.05) is 12.6 Å². The van der Waals surface area contributed by atoms with Crippen LogP contribution in [0.15, 0.2) is 24.3 Å². The second-order valence-electron chi connectivity index (χ2n) is 5.20. The third kappa shape index (κ3) is 6.73. The number of rotatable bonds is 3. The summed E-state index contributed by atoms with van der Waals surface area (Å²) in [6.07, 6.45) is 2.39. The molecule has 1 aliphatic heterocycles. The highest BCUT2D eigenvalue weighted by molar-refractivity contribution is 6.58. The van der Waals surface area contributed by atoms with E-state index in [0.717, 1.165) is 25.2 Å². The molecule has 2 rings (SSSR count). The first-order valence-corrected chi connectivity index (χ1v) is 6.84. The van der Waals surface area contributed by atoms with Crippen LogP contribution in [0.3, 0.4) is 0 Å². The van der Waals surface area contributed by atoms with Gasteiger partial charge in [0.05, 0.1) is 0 Å². The quantitative estimate of drug-likeness (QED) is 0.690. The Morgan fingerprint density at radius 2 is 1.79 bits per heavy atom. The van der Waals surface area contributed by atoms with Gasteiger partial charge in [-0.1, -0.05) is 24.3 Å². The molecule has 1 fully saturated rings. The summed E-state index contributed by atoms with van der Waals surface area (Å²) in [7, 11) is -1.36. The zero-order valence-electron chi connectivity index (χ0n) is 11.8. The molecule has 0 radical (unpaired) electrons. The van der Waals surface area contributed by atoms with Crippen molar-refractivity contribution >= 4 is 12.6 Å². The van der Waals surface area contributed by atoms with Crippen molar-refractivity contribution in [2.45, 2.75) is 39.3 Å². The summed E-state index contributed by atoms with van der Waals surface area (Å²) in [5, 5.41) is 26.2. The van der Waals surface area contributed by atoms with Crippen LogP contribution < -0.4 is 5.46 Å². The van der Waals surface area contributed by atoms with Crippen molar-refractivity contribution in [1.82, 2.24) is 4.90 Å². The molecule has 19 heavy (non-hydrogen) atoms. The predicted molar refractivity (Wildman–Crippen MR) is 78.1 cm³/mol. The van der Waals surface area contributed by atoms with E-state index in [9.17, 15) is 0 Å². The molecule has 3 N–H and O–H groups in total. The van der Waals surface area contributed by atoms with Gasteiger partial charge in [0.15, 0.2) is 0 Å². The molecular weight excluding hydrogens is 241 g/mol. The van der Waals surface area contributed by atoms with Crippen molar-refractivity contribution in [3.8, 4) is 0 Å². The van der Waals surface area contributed by atoms with Crippen LogP contribution in [0.25, 0.3) is 0 Å². The van der Waals surface area contributed by atoms with Crippen molar-refractivity contribution in [1.29, 1.82) is 0 Å². The van der Waals surface area contributed by atoms with Gasteiger partial charge in [-0.05, 0) is 50.8 Å². The number of aliphatic hydroxyl groups is 1. The zero-order valence-corrected chi connectivity index (χ0v) is 11.8. The van der Waals surface area contributed by atoms with Crippen LogP contribution in [0, 0.1) is 0 Å². The largest absolute Gasteiger partial charge is 0.488 e. The summed E-state index contributed by atoms with van der Waals surface area (Å²) in [6.45, 7) is 6.68. The van der Waals surface area contributed by atoms with E-state index in [0.29, 0.717) is 5.46 Å². The Labute approximate surface area is 115 Å². The van der Waals surface area contributed by atoms with E-state index < -0.39 is 7.12 Å². The minimum absolute atomic E-state index is 0.167. The van der Waals surface area contributed by atoms with Crippen molar-refractivity contribution in [3.63, 3.8) is 0 Å². The lowest BCUT2D eigenvalue weighted by molar-refractivity contribution is 0.216. The fourth-order valence-electron chi connectivity index (χ4n) is 2.05. The molecule has 0 unspecified atom stereocenters. The lowest BCUT2D eigenvalue weighted by atomic mass is 9.79. The van der Waals surface area contributed by atoms with Crippen molar-refractivity contribution in [3.05, 3.63) is 29.8 Å². The highest BCUT2D eigenvalue weighted by Gasteiger charge is 2.14. The molecule has 1 saturated heterocycles. The number of hydrogen-bond acceptors (Lipinski definition) is 4. The van der Waals surface area contributed by atoms with Crippen LogP contribution in [0.5, 0.6) is 0 Å². The van der Waals surface area contributed by atoms with E-state index in [4.69, 9.17) is 15.2 Å². The zero-order chi connectivity index (χ0) is 14.3. The van der Waals surface area contributed by atoms with Crippen molar-refractivity contribution in [2.75, 3.05) is 13.1 Å². The fraction of sp³-hybridized carbons (Fsp3) is 0.571. The van der Waals surface area contributed by atoms with E-state index in [1.165, 1.54) is 12.8 Å². The number of nitrogens with zero attached hydrogens (tertiary/aromatic N) is 1. The summed E-state index contributed by atoms with van der Waals surface area (Å²) in [4.78, 5) is 2.39. The predicted octanol–water partition coefficient (Wildman–Crippen LogP) is 0.349. The van der Waals surface area contributed by atoms with Gasteiger partial charge in [0.25, 0.3) is 0 Å². The molecule has 5 heteroatoms. The number of likely N-dealkylation sites (tertiary alicyclic amines) is 1. The molecule has 0 atom stereocenters. The third-order valence-electron chi connectivity index (χ3n) is 2.85. The smallest absolute Gasteiger partial charge is 0.423 e. The Hall–Kier alpha value is -0.875. The average Bonchev–Trinajstić information content (AvgIpc) is 2.81. The van der Waals surface area contributed by atoms with Crippen LogP contribution in [-0.4, -0.2) is 46.4 Å². The first kappa shape index (κ1) is 16.2. The second-order valence-corrected chi connectivity index (χ2v) is 5.20. The molecule has 1 aromatic rings. The van der Waals surface area contributed by atoms with E-state index in [-0.39, 0.29) is 6.10 Å². The van der Waals surface area contributed by atoms with Gasteiger partial charge < -0.3 is 15.2 Å². The minimum atomic E-state index is -1.36. The molecule has 1 heterocycles. The van der Waals surface area contributed by atoms with E-state index in [2.05, 4.69) is 4.90 Å². The molecule has 106 valence electrons. The second kappa shape index (κ2) is 8.33. The lowest BCUT2D eigenvalue weighted by Crippen LogP contribution is -2.30. The molecule has 0 amide bonds. The first-order valence-electron chi connectivity index (χ1n) is 6.84. The SMILES string of the molecule is CC(C)O.OB(O)c1cccc(CN2CCCC2)c1. The van der Waals surface area contributed by atoms with E-state index in [1.807, 2.05) is 18.2 Å². The summed E-state index contributed by atoms with van der Waals surface area (Å²) in [6, 6.07) is 7.51. The van der Waals surface area contributed by atoms with E-state index in [1.54, 1.807) is 19.9 Å². The highest BCUT2D eigenvalue weighted by atomic mass is 16.4. The number of benzene rings is 1. The molecule has 0 bridgehead atoms. The summed E-state index contributed by atoms with van der Waals surface area (Å²) < 4.78 is 0. The first-order chi connectivity index (χ1) is 8.99. The summed E-state index contributed by atoms with van der Waals surface area (Å²) in [5.74, 6) is 0. The minimum Gasteiger partial charge on any atom is -0.423 e. The summed E-state index contributed by atoms with van der Waals surface area (Å²) in [5.41, 5.74) is 1.73. The number of aliphatic hydroxyl groups excluding tert-OH is 1. The lowest BCUT2D eigenvalue weighted by Gasteiger charge is -2.14. The highest BCUT2D eigenvalue weighted by Crippen LogP contribution is 2.11. The number of hydrogen-bond donors (Lipinski definition) is 3. The maximum atomic E-state index is 9.05. The van der Waals surface area contributed by atoms with Gasteiger partial charge in [-0.25, -0.2) is 0 Å². The Bertz CT molecular complexity index is 363. The topological polar surface area (TPSA) is 63.9 Å². The maximum Gasteiger partial charge on any atom is 0.488 e. The summed E-state index contributed by atoms with van der Waals surface area (Å²) >= 11 is 0. The maximum absolute atomic E-state index is 9.05. The van der Waals surface area contributed by atoms with Gasteiger partial charge in [-0.2, -0.15) is 0 Å². The van der Waals surface area contributed by atoms with Crippen LogP contribution in [0.1, 0.15) is 32.3 Å². The standard InChI is InChI=1S/C11H16BNO2.C3H8O/c14-12(15)11-5-3-4-10(8-11)9-13-6-1-2-7-13;1-3(2)4/h3-5,8,14-15H,1-2,6-7,9H2;3-4H,1-2H3. The van der Waals surface area contributed by atoms with Gasteiger partial charge >= 0.3 is 7.12 Å². The van der Waals surface area contributed by atoms with Crippen molar-refractivity contribution in [2.24, 2.45) is 0 Å². The van der Waals surface area contributed by atoms with Crippen LogP contribution in [-0.2, 0) is 6.54 Å². The Morgan fingerprint density at radius 3 is 2.32 bits per heavy atom. The van der Waals surface area contributed by atoms with E-state index >= 15 is 0 Å². The molecule has 0 saturated carbocycles. The molecule has 4 nitrogen and oxygen atoms in total. The molecule has 1 aromatic carbocycles. The molecule has 0 aliphatic carbocycles. The Balaban J connectivity index is 0.000000399. The molecular formula is C14H24BNO3. The van der Waals surface area contributed by atoms with Crippen LogP contribution >= 0.6 is 0 Å². The van der Waals surface area contributed by atoms with Gasteiger partial charge in [0.1, 0.15) is 0 Å². The van der Waals surface area contributed by atoms with Gasteiger partial charge in [-0.3, -0.25) is 4.90 Å². The van der Waals surface area contributed by atoms with Crippen LogP contribution in [0.4, 0.5) is 0 Å². The van der Waals surface area contributed by atoms with Gasteiger partial charge in [0.2, 0.25) is 0 Å². The molecule has 0 spiro atoms. The third-order valence-corrected chi connectivity index (χ3v) is 2.85. The average molecular weight is 265 g/mol. The monoisotopic (exact) mass is 265 g/mol. The normalized spacial score (nSPS) is 15.3. The van der Waals surface area contributed by atoms with Crippen LogP contribution in [0.2, 0.25) is 0 Å². The van der Waals surface area contributed by atoms with Gasteiger partial charge in [-0.15, -0.1) is 0 Å².